The minimum Gasteiger partial charge on any atom is -0.378 e. The molecule has 0 heterocycles. The average Bonchev–Trinajstić information content (AvgIpc) is 2.71. The Morgan fingerprint density at radius 1 is 1.10 bits per heavy atom. The second kappa shape index (κ2) is 9.99. The van der Waals surface area contributed by atoms with Crippen LogP contribution in [0.1, 0.15) is 30.6 Å². The lowest BCUT2D eigenvalue weighted by molar-refractivity contribution is -0.384. The molecule has 0 aliphatic rings. The second-order valence-corrected chi connectivity index (χ2v) is 8.13. The molecule has 2 aromatic rings. The molecule has 2 rings (SSSR count). The molecule has 1 atom stereocenters. The number of nitrogens with one attached hydrogen (secondary N) is 3. The number of para-hydroxylation sites is 2. The molecule has 9 nitrogen and oxygen atoms in total. The highest BCUT2D eigenvalue weighted by Gasteiger charge is 2.17. The monoisotopic (exact) mass is 420 g/mol. The van der Waals surface area contributed by atoms with Crippen LogP contribution in [-0.2, 0) is 10.0 Å². The summed E-state index contributed by atoms with van der Waals surface area (Å²) in [6, 6.07) is 11.7. The summed E-state index contributed by atoms with van der Waals surface area (Å²) in [6.07, 6.45) is 0.667. The van der Waals surface area contributed by atoms with E-state index in [-0.39, 0.29) is 29.1 Å². The van der Waals surface area contributed by atoms with E-state index in [0.29, 0.717) is 24.2 Å². The van der Waals surface area contributed by atoms with Gasteiger partial charge in [0.05, 0.1) is 9.82 Å². The van der Waals surface area contributed by atoms with Gasteiger partial charge in [-0.15, -0.1) is 0 Å². The summed E-state index contributed by atoms with van der Waals surface area (Å²) in [4.78, 5) is 22.8. The lowest BCUT2D eigenvalue weighted by Crippen LogP contribution is -2.32. The summed E-state index contributed by atoms with van der Waals surface area (Å²) < 4.78 is 27.0. The fraction of sp³-hybridized carbons (Fsp3) is 0.316. The number of sulfonamides is 1. The molecule has 0 saturated carbocycles. The Balaban J connectivity index is 1.89. The Kier molecular flexibility index (Phi) is 7.68. The van der Waals surface area contributed by atoms with Crippen molar-refractivity contribution in [1.29, 1.82) is 0 Å². The van der Waals surface area contributed by atoms with Gasteiger partial charge in [-0.05, 0) is 43.7 Å². The maximum absolute atomic E-state index is 12.2. The van der Waals surface area contributed by atoms with Crippen LogP contribution in [0.2, 0.25) is 0 Å². The number of hydrogen-bond acceptors (Lipinski definition) is 6. The number of nitro benzene ring substituents is 1. The van der Waals surface area contributed by atoms with Crippen LogP contribution in [0.25, 0.3) is 0 Å². The molecule has 0 aliphatic heterocycles. The molecule has 0 bridgehead atoms. The summed E-state index contributed by atoms with van der Waals surface area (Å²) in [7, 11) is -3.62. The lowest BCUT2D eigenvalue weighted by atomic mass is 10.2. The number of hydrogen-bond donors (Lipinski definition) is 3. The lowest BCUT2D eigenvalue weighted by Gasteiger charge is -2.12. The van der Waals surface area contributed by atoms with Crippen LogP contribution in [-0.4, -0.2) is 38.4 Å². The number of benzene rings is 2. The van der Waals surface area contributed by atoms with Crippen LogP contribution in [0.5, 0.6) is 0 Å². The zero-order chi connectivity index (χ0) is 21.4. The van der Waals surface area contributed by atoms with Crippen LogP contribution >= 0.6 is 0 Å². The van der Waals surface area contributed by atoms with Gasteiger partial charge in [-0.3, -0.25) is 14.9 Å². The molecule has 0 aliphatic carbocycles. The zero-order valence-electron chi connectivity index (χ0n) is 16.2. The summed E-state index contributed by atoms with van der Waals surface area (Å²) >= 11 is 0. The molecule has 2 aromatic carbocycles. The van der Waals surface area contributed by atoms with Crippen LogP contribution in [0.3, 0.4) is 0 Å². The number of anilines is 1. The van der Waals surface area contributed by atoms with E-state index in [4.69, 9.17) is 0 Å². The third kappa shape index (κ3) is 6.26. The minimum absolute atomic E-state index is 0.0402. The van der Waals surface area contributed by atoms with Crippen LogP contribution in [0.15, 0.2) is 53.4 Å². The molecule has 0 unspecified atom stereocenters. The van der Waals surface area contributed by atoms with Gasteiger partial charge in [-0.25, -0.2) is 13.1 Å². The van der Waals surface area contributed by atoms with Crippen molar-refractivity contribution >= 4 is 27.3 Å². The molecule has 29 heavy (non-hydrogen) atoms. The Morgan fingerprint density at radius 3 is 2.38 bits per heavy atom. The van der Waals surface area contributed by atoms with Crippen LogP contribution in [0, 0.1) is 10.1 Å². The smallest absolute Gasteiger partial charge is 0.292 e. The van der Waals surface area contributed by atoms with E-state index >= 15 is 0 Å². The van der Waals surface area contributed by atoms with E-state index < -0.39 is 14.9 Å². The van der Waals surface area contributed by atoms with E-state index in [1.807, 2.05) is 6.92 Å². The first-order valence-electron chi connectivity index (χ1n) is 9.12. The fourth-order valence-corrected chi connectivity index (χ4v) is 3.79. The second-order valence-electron chi connectivity index (χ2n) is 6.41. The quantitative estimate of drug-likeness (QED) is 0.308. The molecule has 0 aromatic heterocycles. The van der Waals surface area contributed by atoms with Gasteiger partial charge in [0.1, 0.15) is 5.69 Å². The first-order valence-corrected chi connectivity index (χ1v) is 10.6. The normalized spacial score (nSPS) is 12.2. The number of nitrogens with zero attached hydrogens (tertiary/aromatic N) is 1. The topological polar surface area (TPSA) is 130 Å². The molecule has 10 heteroatoms. The van der Waals surface area contributed by atoms with Crippen molar-refractivity contribution < 1.29 is 18.1 Å². The van der Waals surface area contributed by atoms with Gasteiger partial charge >= 0.3 is 0 Å². The molecular formula is C19H24N4O5S. The molecular weight excluding hydrogens is 396 g/mol. The van der Waals surface area contributed by atoms with E-state index in [1.54, 1.807) is 25.1 Å². The van der Waals surface area contributed by atoms with E-state index in [1.165, 1.54) is 30.3 Å². The molecule has 0 saturated heterocycles. The van der Waals surface area contributed by atoms with Crippen LogP contribution < -0.4 is 15.4 Å². The van der Waals surface area contributed by atoms with Gasteiger partial charge in [0.15, 0.2) is 0 Å². The fourth-order valence-electron chi connectivity index (χ4n) is 2.46. The van der Waals surface area contributed by atoms with E-state index in [0.717, 1.165) is 0 Å². The number of nitro groups is 1. The van der Waals surface area contributed by atoms with Crippen molar-refractivity contribution in [2.75, 3.05) is 18.4 Å². The highest BCUT2D eigenvalue weighted by atomic mass is 32.2. The van der Waals surface area contributed by atoms with Crippen molar-refractivity contribution in [2.45, 2.75) is 31.2 Å². The Morgan fingerprint density at radius 2 is 1.76 bits per heavy atom. The summed E-state index contributed by atoms with van der Waals surface area (Å²) in [6.45, 7) is 4.19. The largest absolute Gasteiger partial charge is 0.378 e. The zero-order valence-corrected chi connectivity index (χ0v) is 17.0. The number of carbonyl (C=O) groups is 1. The summed E-state index contributed by atoms with van der Waals surface area (Å²) in [5.41, 5.74) is 0.648. The first kappa shape index (κ1) is 22.3. The molecule has 0 radical (unpaired) electrons. The van der Waals surface area contributed by atoms with Gasteiger partial charge in [-0.2, -0.15) is 0 Å². The summed E-state index contributed by atoms with van der Waals surface area (Å²) in [5, 5.41) is 16.6. The predicted octanol–water partition coefficient (Wildman–Crippen LogP) is 2.51. The van der Waals surface area contributed by atoms with Crippen LogP contribution in [0.4, 0.5) is 11.4 Å². The van der Waals surface area contributed by atoms with Crippen molar-refractivity contribution in [2.24, 2.45) is 0 Å². The standard InChI is InChI=1S/C19H24N4O5S/c1-3-14(2)22-29(27,28)16-10-8-15(9-11-16)19(24)21-13-12-20-17-6-4-5-7-18(17)23(25)26/h4-11,14,20,22H,3,12-13H2,1-2H3,(H,21,24)/t14-/m0/s1. The molecule has 0 spiro atoms. The minimum atomic E-state index is -3.62. The van der Waals surface area contributed by atoms with E-state index in [2.05, 4.69) is 15.4 Å². The maximum Gasteiger partial charge on any atom is 0.292 e. The molecule has 1 amide bonds. The van der Waals surface area contributed by atoms with Crippen molar-refractivity contribution in [3.63, 3.8) is 0 Å². The third-order valence-corrected chi connectivity index (χ3v) is 5.83. The van der Waals surface area contributed by atoms with Crippen molar-refractivity contribution in [1.82, 2.24) is 10.0 Å². The van der Waals surface area contributed by atoms with Gasteiger partial charge < -0.3 is 10.6 Å². The maximum atomic E-state index is 12.2. The SMILES string of the molecule is CC[C@H](C)NS(=O)(=O)c1ccc(C(=O)NCCNc2ccccc2[N+](=O)[O-])cc1. The van der Waals surface area contributed by atoms with Gasteiger partial charge in [0.2, 0.25) is 10.0 Å². The highest BCUT2D eigenvalue weighted by Crippen LogP contribution is 2.22. The molecule has 0 fully saturated rings. The number of carbonyl (C=O) groups excluding carboxylic acids is 1. The number of amides is 1. The molecule has 3 N–H and O–H groups in total. The average molecular weight is 420 g/mol. The van der Waals surface area contributed by atoms with Crippen molar-refractivity contribution in [3.8, 4) is 0 Å². The Labute approximate surface area is 169 Å². The molecule has 156 valence electrons. The first-order chi connectivity index (χ1) is 13.7. The van der Waals surface area contributed by atoms with Gasteiger partial charge in [0, 0.05) is 30.8 Å². The van der Waals surface area contributed by atoms with E-state index in [9.17, 15) is 23.3 Å². The third-order valence-electron chi connectivity index (χ3n) is 4.22. The Bertz CT molecular complexity index is 961. The van der Waals surface area contributed by atoms with Crippen molar-refractivity contribution in [3.05, 3.63) is 64.2 Å². The number of rotatable bonds is 10. The predicted molar refractivity (Wildman–Crippen MR) is 110 cm³/mol. The Hall–Kier alpha value is -2.98. The van der Waals surface area contributed by atoms with Gasteiger partial charge in [0.25, 0.3) is 11.6 Å². The summed E-state index contributed by atoms with van der Waals surface area (Å²) in [5.74, 6) is -0.367. The van der Waals surface area contributed by atoms with Gasteiger partial charge in [-0.1, -0.05) is 19.1 Å². The highest BCUT2D eigenvalue weighted by molar-refractivity contribution is 7.89.